The first-order chi connectivity index (χ1) is 15.9. The molecular formula is C25H29FN4O3. The Morgan fingerprint density at radius 2 is 2.03 bits per heavy atom. The molecule has 174 valence electrons. The van der Waals surface area contributed by atoms with Crippen LogP contribution >= 0.6 is 0 Å². The Morgan fingerprint density at radius 1 is 1.24 bits per heavy atom. The molecule has 0 bridgehead atoms. The fourth-order valence-corrected chi connectivity index (χ4v) is 4.09. The molecule has 1 aliphatic heterocycles. The molecule has 0 saturated carbocycles. The van der Waals surface area contributed by atoms with Crippen molar-refractivity contribution >= 4 is 5.97 Å². The second kappa shape index (κ2) is 9.79. The molecule has 1 aliphatic rings. The summed E-state index contributed by atoms with van der Waals surface area (Å²) in [6, 6.07) is 8.93. The summed E-state index contributed by atoms with van der Waals surface area (Å²) < 4.78 is 24.7. The highest BCUT2D eigenvalue weighted by molar-refractivity contribution is 5.73. The minimum absolute atomic E-state index is 0.0538. The molecule has 4 rings (SSSR count). The number of halogens is 1. The van der Waals surface area contributed by atoms with Gasteiger partial charge in [-0.15, -0.1) is 0 Å². The lowest BCUT2D eigenvalue weighted by Crippen LogP contribution is -2.50. The number of ether oxygens (including phenoxy) is 1. The lowest BCUT2D eigenvalue weighted by atomic mass is 10.00. The van der Waals surface area contributed by atoms with Gasteiger partial charge in [0.2, 0.25) is 5.82 Å². The van der Waals surface area contributed by atoms with Gasteiger partial charge in [0.05, 0.1) is 24.4 Å². The number of aryl methyl sites for hydroxylation is 1. The number of pyridine rings is 1. The molecule has 8 heteroatoms. The maximum Gasteiger partial charge on any atom is 0.311 e. The van der Waals surface area contributed by atoms with Gasteiger partial charge < -0.3 is 9.26 Å². The van der Waals surface area contributed by atoms with E-state index >= 15 is 0 Å². The number of nitrogens with zero attached hydrogens (tertiary/aromatic N) is 4. The van der Waals surface area contributed by atoms with E-state index in [2.05, 4.69) is 28.9 Å². The predicted molar refractivity (Wildman–Crippen MR) is 122 cm³/mol. The summed E-state index contributed by atoms with van der Waals surface area (Å²) in [5.74, 6) is 0.608. The van der Waals surface area contributed by atoms with Gasteiger partial charge in [0.15, 0.2) is 0 Å². The minimum Gasteiger partial charge on any atom is -0.469 e. The van der Waals surface area contributed by atoms with Crippen LogP contribution in [0, 0.1) is 17.7 Å². The fraction of sp³-hybridized carbons (Fsp3) is 0.440. The van der Waals surface area contributed by atoms with Gasteiger partial charge >= 0.3 is 5.97 Å². The molecule has 3 heterocycles. The van der Waals surface area contributed by atoms with E-state index in [0.29, 0.717) is 55.3 Å². The largest absolute Gasteiger partial charge is 0.469 e. The molecule has 0 aliphatic carbocycles. The minimum atomic E-state index is -0.262. The van der Waals surface area contributed by atoms with Crippen molar-refractivity contribution in [1.29, 1.82) is 0 Å². The van der Waals surface area contributed by atoms with Crippen molar-refractivity contribution in [1.82, 2.24) is 20.0 Å². The van der Waals surface area contributed by atoms with Crippen molar-refractivity contribution in [2.45, 2.75) is 40.2 Å². The highest BCUT2D eigenvalue weighted by atomic mass is 19.1. The lowest BCUT2D eigenvalue weighted by Gasteiger charge is -2.37. The summed E-state index contributed by atoms with van der Waals surface area (Å²) >= 11 is 0. The van der Waals surface area contributed by atoms with Crippen LogP contribution in [0.15, 0.2) is 34.9 Å². The highest BCUT2D eigenvalue weighted by Gasteiger charge is 2.33. The number of carbonyl (C=O) groups excluding carboxylic acids is 1. The van der Waals surface area contributed by atoms with Gasteiger partial charge in [-0.25, -0.2) is 4.39 Å². The second-order valence-electron chi connectivity index (χ2n) is 8.89. The van der Waals surface area contributed by atoms with E-state index in [1.165, 1.54) is 13.2 Å². The molecule has 0 atom stereocenters. The van der Waals surface area contributed by atoms with Gasteiger partial charge in [-0.05, 0) is 48.6 Å². The lowest BCUT2D eigenvalue weighted by molar-refractivity contribution is -0.151. The maximum absolute atomic E-state index is 14.5. The van der Waals surface area contributed by atoms with E-state index in [4.69, 9.17) is 14.2 Å². The Hall–Kier alpha value is -3.13. The van der Waals surface area contributed by atoms with Crippen LogP contribution in [-0.2, 0) is 28.9 Å². The number of rotatable bonds is 8. The Bertz CT molecular complexity index is 1140. The number of methoxy groups -OCH3 is 1. The number of hydrogen-bond donors (Lipinski definition) is 0. The number of benzene rings is 1. The number of esters is 1. The molecule has 1 fully saturated rings. The fourth-order valence-electron chi connectivity index (χ4n) is 4.09. The van der Waals surface area contributed by atoms with Crippen LogP contribution in [0.1, 0.15) is 37.7 Å². The zero-order chi connectivity index (χ0) is 23.5. The SMILES string of the molecule is CCc1nc(CN2CC(C(=O)OC)C2)ccc1-c1noc(-c2ccc(CC(C)C)c(F)c2)n1. The van der Waals surface area contributed by atoms with Crippen LogP contribution in [-0.4, -0.2) is 46.2 Å². The van der Waals surface area contributed by atoms with Crippen molar-refractivity contribution in [3.63, 3.8) is 0 Å². The number of likely N-dealkylation sites (tertiary alicyclic amines) is 1. The van der Waals surface area contributed by atoms with Crippen molar-refractivity contribution in [3.8, 4) is 22.8 Å². The molecule has 0 amide bonds. The normalized spacial score (nSPS) is 14.5. The third kappa shape index (κ3) is 5.11. The van der Waals surface area contributed by atoms with Gasteiger partial charge in [0.1, 0.15) is 5.82 Å². The average Bonchev–Trinajstić information content (AvgIpc) is 3.26. The molecule has 0 spiro atoms. The molecule has 33 heavy (non-hydrogen) atoms. The van der Waals surface area contributed by atoms with E-state index in [1.807, 2.05) is 25.1 Å². The highest BCUT2D eigenvalue weighted by Crippen LogP contribution is 2.27. The molecule has 1 aromatic carbocycles. The van der Waals surface area contributed by atoms with Crippen LogP contribution < -0.4 is 0 Å². The summed E-state index contributed by atoms with van der Waals surface area (Å²) in [5, 5.41) is 4.12. The van der Waals surface area contributed by atoms with Gasteiger partial charge in [-0.2, -0.15) is 4.98 Å². The van der Waals surface area contributed by atoms with Crippen LogP contribution in [0.3, 0.4) is 0 Å². The molecule has 2 aromatic heterocycles. The van der Waals surface area contributed by atoms with Gasteiger partial charge in [-0.1, -0.05) is 32.0 Å². The third-order valence-corrected chi connectivity index (χ3v) is 5.84. The van der Waals surface area contributed by atoms with Crippen LogP contribution in [0.4, 0.5) is 4.39 Å². The van der Waals surface area contributed by atoms with E-state index in [9.17, 15) is 9.18 Å². The van der Waals surface area contributed by atoms with Crippen LogP contribution in [0.5, 0.6) is 0 Å². The molecule has 7 nitrogen and oxygen atoms in total. The summed E-state index contributed by atoms with van der Waals surface area (Å²) in [6.07, 6.45) is 1.39. The third-order valence-electron chi connectivity index (χ3n) is 5.84. The maximum atomic E-state index is 14.5. The first-order valence-corrected chi connectivity index (χ1v) is 11.3. The molecule has 0 radical (unpaired) electrons. The monoisotopic (exact) mass is 452 g/mol. The molecule has 0 unspecified atom stereocenters. The predicted octanol–water partition coefficient (Wildman–Crippen LogP) is 4.30. The summed E-state index contributed by atoms with van der Waals surface area (Å²) in [7, 11) is 1.42. The quantitative estimate of drug-likeness (QED) is 0.471. The van der Waals surface area contributed by atoms with Gasteiger partial charge in [-0.3, -0.25) is 14.7 Å². The van der Waals surface area contributed by atoms with Crippen LogP contribution in [0.25, 0.3) is 22.8 Å². The molecule has 3 aromatic rings. The van der Waals surface area contributed by atoms with Crippen LogP contribution in [0.2, 0.25) is 0 Å². The van der Waals surface area contributed by atoms with Crippen molar-refractivity contribution in [2.24, 2.45) is 11.8 Å². The van der Waals surface area contributed by atoms with Crippen molar-refractivity contribution < 1.29 is 18.4 Å². The Kier molecular flexibility index (Phi) is 6.83. The smallest absolute Gasteiger partial charge is 0.311 e. The zero-order valence-corrected chi connectivity index (χ0v) is 19.5. The topological polar surface area (TPSA) is 81.4 Å². The van der Waals surface area contributed by atoms with Crippen molar-refractivity contribution in [3.05, 3.63) is 53.1 Å². The number of hydrogen-bond acceptors (Lipinski definition) is 7. The van der Waals surface area contributed by atoms with E-state index in [-0.39, 0.29) is 23.6 Å². The first kappa shape index (κ1) is 23.0. The van der Waals surface area contributed by atoms with Crippen molar-refractivity contribution in [2.75, 3.05) is 20.2 Å². The number of carbonyl (C=O) groups is 1. The molecular weight excluding hydrogens is 423 g/mol. The Balaban J connectivity index is 1.49. The van der Waals surface area contributed by atoms with E-state index < -0.39 is 0 Å². The van der Waals surface area contributed by atoms with Gasteiger partial charge in [0, 0.05) is 30.8 Å². The van der Waals surface area contributed by atoms with Gasteiger partial charge in [0.25, 0.3) is 5.89 Å². The van der Waals surface area contributed by atoms with E-state index in [0.717, 1.165) is 17.0 Å². The standard InChI is InChI=1S/C25H29FN4O3/c1-5-22-20(9-8-19(27-22)14-30-12-18(13-30)25(31)32-4)23-28-24(33-29-23)17-7-6-16(10-15(2)3)21(26)11-17/h6-9,11,15,18H,5,10,12-14H2,1-4H3. The zero-order valence-electron chi connectivity index (χ0n) is 19.5. The first-order valence-electron chi connectivity index (χ1n) is 11.3. The Labute approximate surface area is 193 Å². The summed E-state index contributed by atoms with van der Waals surface area (Å²) in [5.41, 5.74) is 3.82. The second-order valence-corrected chi connectivity index (χ2v) is 8.89. The number of aromatic nitrogens is 3. The summed E-state index contributed by atoms with van der Waals surface area (Å²) in [6.45, 7) is 8.17. The molecule has 0 N–H and O–H groups in total. The average molecular weight is 453 g/mol. The summed E-state index contributed by atoms with van der Waals surface area (Å²) in [4.78, 5) is 23.0. The van der Waals surface area contributed by atoms with E-state index in [1.54, 1.807) is 6.07 Å². The molecule has 1 saturated heterocycles. The Morgan fingerprint density at radius 3 is 2.70 bits per heavy atom.